The lowest BCUT2D eigenvalue weighted by molar-refractivity contribution is -0.274. The molecule has 0 bridgehead atoms. The van der Waals surface area contributed by atoms with Gasteiger partial charge in [0, 0.05) is 19.1 Å². The first-order valence-electron chi connectivity index (χ1n) is 6.25. The largest absolute Gasteiger partial charge is 0.573 e. The topological polar surface area (TPSA) is 38.5 Å². The lowest BCUT2D eigenvalue weighted by Crippen LogP contribution is -2.42. The molecule has 2 N–H and O–H groups in total. The average molecular weight is 311 g/mol. The summed E-state index contributed by atoms with van der Waals surface area (Å²) in [7, 11) is 0. The molecule has 7 heteroatoms. The second-order valence-corrected chi connectivity index (χ2v) is 4.83. The summed E-state index contributed by atoms with van der Waals surface area (Å²) in [6, 6.07) is 6.18. The fourth-order valence-corrected chi connectivity index (χ4v) is 2.29. The van der Waals surface area contributed by atoms with E-state index in [2.05, 4.69) is 9.64 Å². The van der Waals surface area contributed by atoms with Gasteiger partial charge in [-0.25, -0.2) is 0 Å². The molecule has 1 aromatic carbocycles. The number of piperidine rings is 1. The summed E-state index contributed by atoms with van der Waals surface area (Å²) in [5.74, 6) is -0.188. The number of alkyl halides is 3. The molecule has 1 aromatic rings. The molecule has 1 unspecified atom stereocenters. The molecule has 1 heterocycles. The molecule has 0 amide bonds. The Labute approximate surface area is 122 Å². The summed E-state index contributed by atoms with van der Waals surface area (Å²) in [6.07, 6.45) is -2.54. The minimum atomic E-state index is -4.64. The summed E-state index contributed by atoms with van der Waals surface area (Å²) in [5.41, 5.74) is 6.85. The van der Waals surface area contributed by atoms with Crippen molar-refractivity contribution in [2.24, 2.45) is 5.73 Å². The number of nitrogens with zero attached hydrogens (tertiary/aromatic N) is 1. The van der Waals surface area contributed by atoms with Gasteiger partial charge in [0.15, 0.2) is 0 Å². The molecule has 1 aliphatic heterocycles. The van der Waals surface area contributed by atoms with Gasteiger partial charge in [-0.2, -0.15) is 0 Å². The van der Waals surface area contributed by atoms with E-state index in [1.165, 1.54) is 12.1 Å². The molecule has 0 aliphatic carbocycles. The molecule has 1 fully saturated rings. The van der Waals surface area contributed by atoms with Crippen molar-refractivity contribution in [1.82, 2.24) is 4.90 Å². The number of rotatable bonds is 3. The van der Waals surface area contributed by atoms with Crippen molar-refractivity contribution in [1.29, 1.82) is 0 Å². The van der Waals surface area contributed by atoms with Gasteiger partial charge < -0.3 is 10.5 Å². The van der Waals surface area contributed by atoms with E-state index in [0.717, 1.165) is 31.5 Å². The lowest BCUT2D eigenvalue weighted by Gasteiger charge is -2.30. The van der Waals surface area contributed by atoms with Gasteiger partial charge in [-0.05, 0) is 37.1 Å². The Morgan fingerprint density at radius 1 is 1.25 bits per heavy atom. The molecule has 0 spiro atoms. The van der Waals surface area contributed by atoms with E-state index < -0.39 is 6.36 Å². The van der Waals surface area contributed by atoms with Crippen LogP contribution in [-0.4, -0.2) is 30.4 Å². The van der Waals surface area contributed by atoms with Crippen LogP contribution in [-0.2, 0) is 6.54 Å². The Bertz CT molecular complexity index is 411. The van der Waals surface area contributed by atoms with E-state index in [0.29, 0.717) is 6.54 Å². The number of halogens is 4. The Morgan fingerprint density at radius 3 is 2.45 bits per heavy atom. The first kappa shape index (κ1) is 17.1. The van der Waals surface area contributed by atoms with Crippen molar-refractivity contribution in [2.75, 3.05) is 13.1 Å². The average Bonchev–Trinajstić information content (AvgIpc) is 2.30. The number of hydrogen-bond acceptors (Lipinski definition) is 3. The van der Waals surface area contributed by atoms with Gasteiger partial charge in [0.2, 0.25) is 0 Å². The van der Waals surface area contributed by atoms with Gasteiger partial charge in [0.05, 0.1) is 0 Å². The maximum Gasteiger partial charge on any atom is 0.573 e. The second kappa shape index (κ2) is 7.15. The molecule has 3 nitrogen and oxygen atoms in total. The predicted octanol–water partition coefficient (Wildman–Crippen LogP) is 2.93. The van der Waals surface area contributed by atoms with Gasteiger partial charge >= 0.3 is 6.36 Å². The number of nitrogens with two attached hydrogens (primary N) is 1. The van der Waals surface area contributed by atoms with Crippen LogP contribution in [0.3, 0.4) is 0 Å². The lowest BCUT2D eigenvalue weighted by atomic mass is 10.1. The van der Waals surface area contributed by atoms with Gasteiger partial charge in [-0.15, -0.1) is 25.6 Å². The van der Waals surface area contributed by atoms with Gasteiger partial charge in [-0.3, -0.25) is 4.90 Å². The molecule has 1 atom stereocenters. The summed E-state index contributed by atoms with van der Waals surface area (Å²) >= 11 is 0. The van der Waals surface area contributed by atoms with Crippen molar-refractivity contribution >= 4 is 12.4 Å². The fourth-order valence-electron chi connectivity index (χ4n) is 2.29. The Balaban J connectivity index is 0.00000200. The van der Waals surface area contributed by atoms with Gasteiger partial charge in [-0.1, -0.05) is 12.1 Å². The van der Waals surface area contributed by atoms with Crippen LogP contribution >= 0.6 is 12.4 Å². The Hall–Kier alpha value is -0.980. The number of hydrogen-bond donors (Lipinski definition) is 1. The van der Waals surface area contributed by atoms with E-state index in [-0.39, 0.29) is 24.2 Å². The maximum absolute atomic E-state index is 12.0. The Kier molecular flexibility index (Phi) is 6.10. The van der Waals surface area contributed by atoms with Crippen LogP contribution in [0, 0.1) is 0 Å². The first-order chi connectivity index (χ1) is 8.92. The summed E-state index contributed by atoms with van der Waals surface area (Å²) in [5, 5.41) is 0. The minimum absolute atomic E-state index is 0. The molecular formula is C13H18ClF3N2O. The highest BCUT2D eigenvalue weighted by molar-refractivity contribution is 5.85. The maximum atomic E-state index is 12.0. The third-order valence-corrected chi connectivity index (χ3v) is 3.11. The van der Waals surface area contributed by atoms with E-state index in [1.54, 1.807) is 12.1 Å². The number of benzene rings is 1. The van der Waals surface area contributed by atoms with Gasteiger partial charge in [0.1, 0.15) is 5.75 Å². The second-order valence-electron chi connectivity index (χ2n) is 4.83. The van der Waals surface area contributed by atoms with Crippen LogP contribution in [0.1, 0.15) is 18.4 Å². The summed E-state index contributed by atoms with van der Waals surface area (Å²) < 4.78 is 39.9. The van der Waals surface area contributed by atoms with Crippen LogP contribution in [0.25, 0.3) is 0 Å². The third-order valence-electron chi connectivity index (χ3n) is 3.11. The Morgan fingerprint density at radius 2 is 1.90 bits per heavy atom. The highest BCUT2D eigenvalue weighted by atomic mass is 35.5. The van der Waals surface area contributed by atoms with E-state index in [1.807, 2.05) is 0 Å². The van der Waals surface area contributed by atoms with Gasteiger partial charge in [0.25, 0.3) is 0 Å². The highest BCUT2D eigenvalue weighted by Gasteiger charge is 2.30. The first-order valence-corrected chi connectivity index (χ1v) is 6.25. The standard InChI is InChI=1S/C13H17F3N2O.ClH/c14-13(15,16)19-12-5-3-10(4-6-12)8-18-7-1-2-11(17)9-18;/h3-6,11H,1-2,7-9,17H2;1H. The molecule has 114 valence electrons. The van der Waals surface area contributed by atoms with E-state index >= 15 is 0 Å². The molecule has 1 aliphatic rings. The van der Waals surface area contributed by atoms with Crippen LogP contribution < -0.4 is 10.5 Å². The van der Waals surface area contributed by atoms with Crippen LogP contribution in [0.4, 0.5) is 13.2 Å². The van der Waals surface area contributed by atoms with Crippen LogP contribution in [0.2, 0.25) is 0 Å². The summed E-state index contributed by atoms with van der Waals surface area (Å²) in [6.45, 7) is 2.52. The predicted molar refractivity (Wildman–Crippen MR) is 72.9 cm³/mol. The molecule has 2 rings (SSSR count). The molecule has 20 heavy (non-hydrogen) atoms. The van der Waals surface area contributed by atoms with Crippen molar-refractivity contribution in [3.63, 3.8) is 0 Å². The zero-order valence-corrected chi connectivity index (χ0v) is 11.7. The molecular weight excluding hydrogens is 293 g/mol. The smallest absolute Gasteiger partial charge is 0.406 e. The minimum Gasteiger partial charge on any atom is -0.406 e. The number of ether oxygens (including phenoxy) is 1. The van der Waals surface area contributed by atoms with Crippen molar-refractivity contribution in [2.45, 2.75) is 31.8 Å². The van der Waals surface area contributed by atoms with Crippen molar-refractivity contribution in [3.8, 4) is 5.75 Å². The zero-order chi connectivity index (χ0) is 13.9. The monoisotopic (exact) mass is 310 g/mol. The molecule has 0 radical (unpaired) electrons. The van der Waals surface area contributed by atoms with Crippen LogP contribution in [0.15, 0.2) is 24.3 Å². The molecule has 1 saturated heterocycles. The normalized spacial score (nSPS) is 20.3. The quantitative estimate of drug-likeness (QED) is 0.933. The SMILES string of the molecule is Cl.NC1CCCN(Cc2ccc(OC(F)(F)F)cc2)C1. The van der Waals surface area contributed by atoms with Crippen molar-refractivity contribution < 1.29 is 17.9 Å². The molecule has 0 saturated carbocycles. The molecule has 0 aromatic heterocycles. The fraction of sp³-hybridized carbons (Fsp3) is 0.538. The number of likely N-dealkylation sites (tertiary alicyclic amines) is 1. The zero-order valence-electron chi connectivity index (χ0n) is 10.9. The van der Waals surface area contributed by atoms with Crippen LogP contribution in [0.5, 0.6) is 5.75 Å². The van der Waals surface area contributed by atoms with Crippen molar-refractivity contribution in [3.05, 3.63) is 29.8 Å². The highest BCUT2D eigenvalue weighted by Crippen LogP contribution is 2.23. The van der Waals surface area contributed by atoms with E-state index in [9.17, 15) is 13.2 Å². The summed E-state index contributed by atoms with van der Waals surface area (Å²) in [4.78, 5) is 2.22. The third kappa shape index (κ3) is 5.56. The van der Waals surface area contributed by atoms with E-state index in [4.69, 9.17) is 5.73 Å².